The Hall–Kier alpha value is -1.12. The van der Waals surface area contributed by atoms with Gasteiger partial charge in [0.2, 0.25) is 0 Å². The summed E-state index contributed by atoms with van der Waals surface area (Å²) in [5.41, 5.74) is 0.575. The molecule has 0 radical (unpaired) electrons. The maximum atomic E-state index is 11.6. The predicted octanol–water partition coefficient (Wildman–Crippen LogP) is 1.74. The van der Waals surface area contributed by atoms with Crippen molar-refractivity contribution in [1.29, 1.82) is 0 Å². The molecule has 0 aromatic rings. The van der Waals surface area contributed by atoms with Crippen LogP contribution < -0.4 is 0 Å². The summed E-state index contributed by atoms with van der Waals surface area (Å²) in [7, 11) is 0. The molecule has 3 nitrogen and oxygen atoms in total. The Bertz CT molecular complexity index is 333. The minimum absolute atomic E-state index is 0.0976. The van der Waals surface area contributed by atoms with Crippen LogP contribution in [0.15, 0.2) is 11.6 Å². The van der Waals surface area contributed by atoms with Crippen molar-refractivity contribution >= 4 is 11.8 Å². The van der Waals surface area contributed by atoms with Crippen molar-refractivity contribution in [1.82, 2.24) is 4.90 Å². The average Bonchev–Trinajstić information content (AvgIpc) is 2.67. The Kier molecular flexibility index (Phi) is 2.63. The highest BCUT2D eigenvalue weighted by Crippen LogP contribution is 2.31. The molecule has 1 saturated carbocycles. The SMILES string of the molecule is CC1=CC(=O)N(CC2CCC(C)C2)C1=O. The Morgan fingerprint density at radius 1 is 1.40 bits per heavy atom. The van der Waals surface area contributed by atoms with Crippen LogP contribution in [0.3, 0.4) is 0 Å². The number of rotatable bonds is 2. The summed E-state index contributed by atoms with van der Waals surface area (Å²) < 4.78 is 0. The van der Waals surface area contributed by atoms with E-state index in [-0.39, 0.29) is 11.8 Å². The summed E-state index contributed by atoms with van der Waals surface area (Å²) in [4.78, 5) is 24.5. The molecule has 0 aromatic heterocycles. The van der Waals surface area contributed by atoms with E-state index in [2.05, 4.69) is 6.92 Å². The number of hydrogen-bond acceptors (Lipinski definition) is 2. The zero-order chi connectivity index (χ0) is 11.0. The molecule has 0 bridgehead atoms. The molecule has 15 heavy (non-hydrogen) atoms. The fraction of sp³-hybridized carbons (Fsp3) is 0.667. The molecule has 82 valence electrons. The Labute approximate surface area is 90.1 Å². The first-order chi connectivity index (χ1) is 7.08. The molecule has 2 atom stereocenters. The van der Waals surface area contributed by atoms with Gasteiger partial charge in [-0.15, -0.1) is 0 Å². The van der Waals surface area contributed by atoms with Crippen molar-refractivity contribution in [3.8, 4) is 0 Å². The van der Waals surface area contributed by atoms with Gasteiger partial charge in [-0.25, -0.2) is 0 Å². The third kappa shape index (κ3) is 1.96. The highest BCUT2D eigenvalue weighted by Gasteiger charge is 2.32. The molecule has 2 unspecified atom stereocenters. The summed E-state index contributed by atoms with van der Waals surface area (Å²) in [6, 6.07) is 0. The van der Waals surface area contributed by atoms with Crippen LogP contribution in [0.4, 0.5) is 0 Å². The second kappa shape index (κ2) is 3.80. The minimum atomic E-state index is -0.128. The van der Waals surface area contributed by atoms with Crippen molar-refractivity contribution < 1.29 is 9.59 Å². The topological polar surface area (TPSA) is 37.4 Å². The molecule has 0 aromatic carbocycles. The van der Waals surface area contributed by atoms with Gasteiger partial charge < -0.3 is 0 Å². The van der Waals surface area contributed by atoms with E-state index in [1.165, 1.54) is 17.4 Å². The second-order valence-electron chi connectivity index (χ2n) is 4.87. The van der Waals surface area contributed by atoms with E-state index >= 15 is 0 Å². The van der Waals surface area contributed by atoms with Gasteiger partial charge in [0.05, 0.1) is 0 Å². The summed E-state index contributed by atoms with van der Waals surface area (Å²) in [5.74, 6) is 1.04. The van der Waals surface area contributed by atoms with Crippen LogP contribution in [-0.4, -0.2) is 23.3 Å². The van der Waals surface area contributed by atoms with E-state index in [1.807, 2.05) is 0 Å². The molecule has 1 heterocycles. The first-order valence-corrected chi connectivity index (χ1v) is 5.62. The molecule has 1 aliphatic carbocycles. The normalized spacial score (nSPS) is 31.3. The molecule has 1 aliphatic heterocycles. The van der Waals surface area contributed by atoms with Crippen LogP contribution in [0, 0.1) is 11.8 Å². The minimum Gasteiger partial charge on any atom is -0.275 e. The van der Waals surface area contributed by atoms with Crippen LogP contribution in [0.1, 0.15) is 33.1 Å². The van der Waals surface area contributed by atoms with E-state index in [0.717, 1.165) is 18.8 Å². The van der Waals surface area contributed by atoms with Crippen molar-refractivity contribution in [2.75, 3.05) is 6.54 Å². The van der Waals surface area contributed by atoms with E-state index in [9.17, 15) is 9.59 Å². The average molecular weight is 207 g/mol. The monoisotopic (exact) mass is 207 g/mol. The molecular weight excluding hydrogens is 190 g/mol. The first kappa shape index (κ1) is 10.4. The molecule has 2 aliphatic rings. The van der Waals surface area contributed by atoms with Crippen LogP contribution in [0.2, 0.25) is 0 Å². The van der Waals surface area contributed by atoms with Crippen molar-refractivity contribution in [2.45, 2.75) is 33.1 Å². The van der Waals surface area contributed by atoms with Crippen molar-refractivity contribution in [3.05, 3.63) is 11.6 Å². The van der Waals surface area contributed by atoms with Gasteiger partial charge in [-0.3, -0.25) is 14.5 Å². The first-order valence-electron chi connectivity index (χ1n) is 5.62. The third-order valence-electron chi connectivity index (χ3n) is 3.43. The molecule has 3 heteroatoms. The summed E-state index contributed by atoms with van der Waals surface area (Å²) in [6.45, 7) is 4.56. The predicted molar refractivity (Wildman–Crippen MR) is 57.0 cm³/mol. The van der Waals surface area contributed by atoms with Gasteiger partial charge >= 0.3 is 0 Å². The molecule has 0 N–H and O–H groups in total. The van der Waals surface area contributed by atoms with Crippen molar-refractivity contribution in [2.24, 2.45) is 11.8 Å². The highest BCUT2D eigenvalue weighted by molar-refractivity contribution is 6.15. The van der Waals surface area contributed by atoms with E-state index in [4.69, 9.17) is 0 Å². The van der Waals surface area contributed by atoms with Gasteiger partial charge in [-0.05, 0) is 31.6 Å². The van der Waals surface area contributed by atoms with Crippen LogP contribution >= 0.6 is 0 Å². The lowest BCUT2D eigenvalue weighted by molar-refractivity contribution is -0.137. The van der Waals surface area contributed by atoms with Gasteiger partial charge in [-0.1, -0.05) is 13.3 Å². The van der Waals surface area contributed by atoms with Crippen LogP contribution in [-0.2, 0) is 9.59 Å². The summed E-state index contributed by atoms with van der Waals surface area (Å²) in [5, 5.41) is 0. The zero-order valence-corrected chi connectivity index (χ0v) is 9.32. The zero-order valence-electron chi connectivity index (χ0n) is 9.32. The molecule has 1 fully saturated rings. The number of carbonyl (C=O) groups excluding carboxylic acids is 2. The second-order valence-corrected chi connectivity index (χ2v) is 4.87. The Morgan fingerprint density at radius 2 is 2.13 bits per heavy atom. The van der Waals surface area contributed by atoms with E-state index in [1.54, 1.807) is 6.92 Å². The van der Waals surface area contributed by atoms with Gasteiger partial charge in [0.1, 0.15) is 0 Å². The number of imide groups is 1. The third-order valence-corrected chi connectivity index (χ3v) is 3.43. The summed E-state index contributed by atoms with van der Waals surface area (Å²) >= 11 is 0. The fourth-order valence-corrected chi connectivity index (χ4v) is 2.56. The Balaban J connectivity index is 1.96. The quantitative estimate of drug-likeness (QED) is 0.647. The lowest BCUT2D eigenvalue weighted by atomic mass is 10.1. The Morgan fingerprint density at radius 3 is 2.60 bits per heavy atom. The molecule has 0 spiro atoms. The van der Waals surface area contributed by atoms with Crippen LogP contribution in [0.25, 0.3) is 0 Å². The largest absolute Gasteiger partial charge is 0.275 e. The fourth-order valence-electron chi connectivity index (χ4n) is 2.56. The van der Waals surface area contributed by atoms with Crippen molar-refractivity contribution in [3.63, 3.8) is 0 Å². The molecule has 0 saturated heterocycles. The lowest BCUT2D eigenvalue weighted by Gasteiger charge is -2.18. The number of nitrogens with zero attached hydrogens (tertiary/aromatic N) is 1. The molecular formula is C12H17NO2. The van der Waals surface area contributed by atoms with Gasteiger partial charge in [-0.2, -0.15) is 0 Å². The molecule has 2 amide bonds. The van der Waals surface area contributed by atoms with Crippen LogP contribution in [0.5, 0.6) is 0 Å². The maximum Gasteiger partial charge on any atom is 0.256 e. The van der Waals surface area contributed by atoms with Gasteiger partial charge in [0.25, 0.3) is 11.8 Å². The lowest BCUT2D eigenvalue weighted by Crippen LogP contribution is -2.34. The molecule has 2 rings (SSSR count). The maximum absolute atomic E-state index is 11.6. The van der Waals surface area contributed by atoms with E-state index in [0.29, 0.717) is 18.0 Å². The number of carbonyl (C=O) groups is 2. The van der Waals surface area contributed by atoms with Gasteiger partial charge in [0, 0.05) is 18.2 Å². The smallest absolute Gasteiger partial charge is 0.256 e. The number of amides is 2. The summed E-state index contributed by atoms with van der Waals surface area (Å²) in [6.07, 6.45) is 4.97. The standard InChI is InChI=1S/C12H17NO2/c1-8-3-4-10(5-8)7-13-11(14)6-9(2)12(13)15/h6,8,10H,3-5,7H2,1-2H3. The highest BCUT2D eigenvalue weighted by atomic mass is 16.2. The number of hydrogen-bond donors (Lipinski definition) is 0. The van der Waals surface area contributed by atoms with Gasteiger partial charge in [0.15, 0.2) is 0 Å². The van der Waals surface area contributed by atoms with E-state index < -0.39 is 0 Å².